The average molecular weight is 590 g/mol. The van der Waals surface area contributed by atoms with Gasteiger partial charge in [0.25, 0.3) is 0 Å². The minimum atomic E-state index is -0.847. The molecule has 0 bridgehead atoms. The molecule has 5 nitrogen and oxygen atoms in total. The molecule has 1 heterocycles. The maximum atomic E-state index is 11.6. The van der Waals surface area contributed by atoms with Gasteiger partial charge >= 0.3 is 237 Å². The summed E-state index contributed by atoms with van der Waals surface area (Å²) in [7, 11) is 0. The fraction of sp³-hybridized carbons (Fsp3) is 0.273. The van der Waals surface area contributed by atoms with E-state index in [0.717, 1.165) is 21.2 Å². The van der Waals surface area contributed by atoms with Gasteiger partial charge in [-0.05, 0) is 0 Å². The zero-order valence-electron chi connectivity index (χ0n) is 21.8. The van der Waals surface area contributed by atoms with Gasteiger partial charge in [0.1, 0.15) is 0 Å². The Morgan fingerprint density at radius 1 is 0.590 bits per heavy atom. The summed E-state index contributed by atoms with van der Waals surface area (Å²) in [5, 5.41) is 11.2. The Labute approximate surface area is 236 Å². The van der Waals surface area contributed by atoms with Crippen LogP contribution in [0.4, 0.5) is 0 Å². The molecule has 1 aliphatic heterocycles. The number of aliphatic hydroxyl groups excluding tert-OH is 1. The van der Waals surface area contributed by atoms with Crippen LogP contribution in [0.2, 0.25) is 0 Å². The van der Waals surface area contributed by atoms with Crippen LogP contribution in [0.5, 0.6) is 0 Å². The van der Waals surface area contributed by atoms with E-state index in [0.29, 0.717) is 26.4 Å². The van der Waals surface area contributed by atoms with E-state index in [-0.39, 0.29) is 15.0 Å². The van der Waals surface area contributed by atoms with Crippen molar-refractivity contribution in [1.82, 2.24) is 0 Å². The van der Waals surface area contributed by atoms with Crippen LogP contribution < -0.4 is 4.46 Å². The van der Waals surface area contributed by atoms with Gasteiger partial charge < -0.3 is 0 Å². The Bertz CT molecular complexity index is 1230. The van der Waals surface area contributed by atoms with Crippen molar-refractivity contribution < 1.29 is 24.1 Å². The molecule has 6 heteroatoms. The zero-order valence-corrected chi connectivity index (χ0v) is 23.5. The predicted octanol–water partition coefficient (Wildman–Crippen LogP) is 4.49. The third-order valence-corrected chi connectivity index (χ3v) is 9.02. The SMILES string of the molecule is O[C@@H]1[C@@H](OCc2ccccc2)[C@@H](OCc2ccccc2)[C@@H](COCc2ccccc2)O[C@H]1[Se]c1ccccc1. The minimum absolute atomic E-state index is 0.128. The quantitative estimate of drug-likeness (QED) is 0.247. The third-order valence-electron chi connectivity index (χ3n) is 6.57. The van der Waals surface area contributed by atoms with Gasteiger partial charge in [-0.25, -0.2) is 0 Å². The van der Waals surface area contributed by atoms with E-state index in [4.69, 9.17) is 18.9 Å². The molecule has 0 saturated carbocycles. The summed E-state index contributed by atoms with van der Waals surface area (Å²) in [5.74, 6) is 0. The molecule has 202 valence electrons. The van der Waals surface area contributed by atoms with Crippen molar-refractivity contribution in [2.24, 2.45) is 0 Å². The fourth-order valence-electron chi connectivity index (χ4n) is 4.55. The van der Waals surface area contributed by atoms with E-state index >= 15 is 0 Å². The van der Waals surface area contributed by atoms with Crippen LogP contribution >= 0.6 is 0 Å². The first-order valence-corrected chi connectivity index (χ1v) is 15.1. The van der Waals surface area contributed by atoms with Crippen molar-refractivity contribution in [2.45, 2.75) is 49.2 Å². The first-order chi connectivity index (χ1) is 19.3. The Kier molecular flexibility index (Phi) is 10.4. The van der Waals surface area contributed by atoms with E-state index in [2.05, 4.69) is 12.1 Å². The second kappa shape index (κ2) is 14.5. The van der Waals surface area contributed by atoms with Crippen molar-refractivity contribution in [3.8, 4) is 0 Å². The molecule has 5 atom stereocenters. The molecule has 1 fully saturated rings. The number of benzene rings is 4. The fourth-order valence-corrected chi connectivity index (χ4v) is 6.81. The molecule has 1 N–H and O–H groups in total. The van der Waals surface area contributed by atoms with E-state index in [1.54, 1.807) is 0 Å². The summed E-state index contributed by atoms with van der Waals surface area (Å²) in [6.45, 7) is 1.55. The molecule has 39 heavy (non-hydrogen) atoms. The Morgan fingerprint density at radius 3 is 1.59 bits per heavy atom. The first-order valence-electron chi connectivity index (χ1n) is 13.2. The number of hydrogen-bond acceptors (Lipinski definition) is 5. The number of ether oxygens (including phenoxy) is 4. The van der Waals surface area contributed by atoms with Crippen LogP contribution in [0.25, 0.3) is 0 Å². The van der Waals surface area contributed by atoms with Crippen molar-refractivity contribution in [1.29, 1.82) is 0 Å². The van der Waals surface area contributed by atoms with Gasteiger partial charge in [-0.1, -0.05) is 0 Å². The van der Waals surface area contributed by atoms with E-state index in [1.807, 2.05) is 109 Å². The van der Waals surface area contributed by atoms with Crippen LogP contribution in [0.3, 0.4) is 0 Å². The molecular formula is C33H34O5Se. The predicted molar refractivity (Wildman–Crippen MR) is 153 cm³/mol. The van der Waals surface area contributed by atoms with Gasteiger partial charge in [-0.2, -0.15) is 0 Å². The summed E-state index contributed by atoms with van der Waals surface area (Å²) >= 11 is -0.128. The molecule has 0 radical (unpaired) electrons. The number of rotatable bonds is 12. The molecule has 4 aromatic rings. The van der Waals surface area contributed by atoms with Gasteiger partial charge in [-0.3, -0.25) is 0 Å². The molecule has 5 rings (SSSR count). The van der Waals surface area contributed by atoms with Crippen LogP contribution in [0.1, 0.15) is 16.7 Å². The van der Waals surface area contributed by atoms with Gasteiger partial charge in [0.05, 0.1) is 0 Å². The standard InChI is InChI=1S/C33H34O5Se/c34-30-32(37-23-27-17-9-3-10-18-27)31(36-22-26-15-7-2-8-16-26)29(24-35-21-25-13-5-1-6-14-25)38-33(30)39-28-19-11-4-12-20-28/h1-20,29-34H,21-24H2/t29-,30-,31+,32-,33+/m1/s1. The van der Waals surface area contributed by atoms with Gasteiger partial charge in [0.2, 0.25) is 0 Å². The van der Waals surface area contributed by atoms with Crippen molar-refractivity contribution >= 4 is 19.4 Å². The molecule has 0 spiro atoms. The summed E-state index contributed by atoms with van der Waals surface area (Å²) in [6.07, 6.45) is -2.34. The van der Waals surface area contributed by atoms with E-state index < -0.39 is 29.4 Å². The number of aliphatic hydroxyl groups is 1. The second-order valence-corrected chi connectivity index (χ2v) is 11.9. The summed E-state index contributed by atoms with van der Waals surface area (Å²) in [5.41, 5.74) is 3.19. The summed E-state index contributed by atoms with van der Waals surface area (Å²) in [6, 6.07) is 40.3. The molecular weight excluding hydrogens is 555 g/mol. The molecule has 1 aliphatic rings. The molecule has 0 aromatic heterocycles. The van der Waals surface area contributed by atoms with Gasteiger partial charge in [0, 0.05) is 0 Å². The summed E-state index contributed by atoms with van der Waals surface area (Å²) < 4.78 is 26.8. The van der Waals surface area contributed by atoms with Crippen LogP contribution in [0.15, 0.2) is 121 Å². The molecule has 0 unspecified atom stereocenters. The topological polar surface area (TPSA) is 57.2 Å². The van der Waals surface area contributed by atoms with Crippen LogP contribution in [0, 0.1) is 0 Å². The van der Waals surface area contributed by atoms with Crippen molar-refractivity contribution in [2.75, 3.05) is 6.61 Å². The molecule has 4 aromatic carbocycles. The third kappa shape index (κ3) is 8.10. The van der Waals surface area contributed by atoms with Crippen LogP contribution in [-0.4, -0.2) is 56.1 Å². The van der Waals surface area contributed by atoms with E-state index in [9.17, 15) is 5.11 Å². The Balaban J connectivity index is 1.37. The Morgan fingerprint density at radius 2 is 1.05 bits per heavy atom. The summed E-state index contributed by atoms with van der Waals surface area (Å²) in [4.78, 5) is 0. The monoisotopic (exact) mass is 590 g/mol. The Hall–Kier alpha value is -2.80. The molecule has 0 aliphatic carbocycles. The average Bonchev–Trinajstić information content (AvgIpc) is 2.99. The van der Waals surface area contributed by atoms with Crippen LogP contribution in [-0.2, 0) is 38.8 Å². The zero-order chi connectivity index (χ0) is 26.7. The second-order valence-electron chi connectivity index (χ2n) is 9.49. The number of hydrogen-bond donors (Lipinski definition) is 1. The van der Waals surface area contributed by atoms with Gasteiger partial charge in [0.15, 0.2) is 0 Å². The molecule has 1 saturated heterocycles. The van der Waals surface area contributed by atoms with Crippen molar-refractivity contribution in [3.05, 3.63) is 138 Å². The first kappa shape index (κ1) is 27.8. The van der Waals surface area contributed by atoms with Crippen molar-refractivity contribution in [3.63, 3.8) is 0 Å². The molecule has 0 amide bonds. The maximum absolute atomic E-state index is 11.6. The normalized spacial score (nSPS) is 22.9. The van der Waals surface area contributed by atoms with Gasteiger partial charge in [-0.15, -0.1) is 0 Å². The van der Waals surface area contributed by atoms with E-state index in [1.165, 1.54) is 0 Å².